The zero-order valence-corrected chi connectivity index (χ0v) is 44.7. The van der Waals surface area contributed by atoms with Gasteiger partial charge in [-0.2, -0.15) is 0 Å². The standard InChI is InChI=1S/C57H69N5O10S2/c1-7-61-23-25-70-27-29-71-28-26-69-24-22-49(66)60-55(57(4,5)6)51(62-32-43(65)30-46(62)56(68)59-35(2)37-8-10-39(11-9-37)53-36(3)58-34-73-53)47(33-61)72-44-19-14-38(15-20-44)52(67)50-45-21-18-42(64)31-48(45)74-54(50)40-12-16-41(63)17-13-40/h8-21,31,34-35,43,46-47,51,55,63-65H,7,22-30,32-33H2,1-6H3,(H,59,68)(H,60,66)/t35-,43+,46-,47-,51?,55?/m0/s1. The summed E-state index contributed by atoms with van der Waals surface area (Å²) >= 11 is 2.97. The van der Waals surface area contributed by atoms with Gasteiger partial charge in [-0.1, -0.05) is 52.0 Å². The summed E-state index contributed by atoms with van der Waals surface area (Å²) in [6.45, 7) is 15.9. The van der Waals surface area contributed by atoms with E-state index in [0.717, 1.165) is 32.0 Å². The second-order valence-electron chi connectivity index (χ2n) is 20.1. The van der Waals surface area contributed by atoms with Crippen molar-refractivity contribution in [2.75, 3.05) is 65.8 Å². The Balaban J connectivity index is 1.15. The second kappa shape index (κ2) is 24.7. The largest absolute Gasteiger partial charge is 0.508 e. The maximum Gasteiger partial charge on any atom is 0.237 e. The maximum absolute atomic E-state index is 14.8. The first-order chi connectivity index (χ1) is 35.6. The average molecular weight is 1050 g/mol. The number of fused-ring (bicyclic) bond motifs is 1. The number of rotatable bonds is 11. The minimum Gasteiger partial charge on any atom is -0.508 e. The molecule has 0 radical (unpaired) electrons. The van der Waals surface area contributed by atoms with Crippen LogP contribution in [0, 0.1) is 12.3 Å². The Morgan fingerprint density at radius 2 is 1.51 bits per heavy atom. The average Bonchev–Trinajstić information content (AvgIpc) is 4.11. The summed E-state index contributed by atoms with van der Waals surface area (Å²) in [5, 5.41) is 39.4. The molecule has 0 saturated carbocycles. The Morgan fingerprint density at radius 1 is 0.865 bits per heavy atom. The zero-order chi connectivity index (χ0) is 52.5. The van der Waals surface area contributed by atoms with E-state index in [2.05, 4.69) is 48.2 Å². The number of nitrogens with one attached hydrogen (secondary N) is 2. The molecule has 74 heavy (non-hydrogen) atoms. The third kappa shape index (κ3) is 13.4. The highest BCUT2D eigenvalue weighted by Crippen LogP contribution is 2.42. The van der Waals surface area contributed by atoms with Crippen molar-refractivity contribution in [2.45, 2.75) is 90.8 Å². The Labute approximate surface area is 441 Å². The lowest BCUT2D eigenvalue weighted by Gasteiger charge is -2.47. The number of hydrogen-bond donors (Lipinski definition) is 5. The van der Waals surface area contributed by atoms with Gasteiger partial charge in [0.05, 0.1) is 86.0 Å². The number of aliphatic hydroxyl groups excluding tert-OH is 1. The van der Waals surface area contributed by atoms with Crippen molar-refractivity contribution in [1.82, 2.24) is 25.4 Å². The number of aromatic hydroxyl groups is 2. The summed E-state index contributed by atoms with van der Waals surface area (Å²) in [7, 11) is 0. The number of aliphatic hydroxyl groups is 1. The van der Waals surface area contributed by atoms with Gasteiger partial charge in [-0.25, -0.2) is 4.98 Å². The first-order valence-corrected chi connectivity index (χ1v) is 27.1. The molecular formula is C57H69N5O10S2. The number of aromatic nitrogens is 1. The molecule has 2 saturated heterocycles. The summed E-state index contributed by atoms with van der Waals surface area (Å²) in [4.78, 5) is 54.1. The number of amides is 2. The number of ketones is 1. The van der Waals surface area contributed by atoms with E-state index in [1.54, 1.807) is 78.1 Å². The summed E-state index contributed by atoms with van der Waals surface area (Å²) < 4.78 is 25.5. The van der Waals surface area contributed by atoms with Gasteiger partial charge in [-0.05, 0) is 116 Å². The van der Waals surface area contributed by atoms with Crippen molar-refractivity contribution in [2.24, 2.45) is 5.41 Å². The van der Waals surface area contributed by atoms with Crippen molar-refractivity contribution >= 4 is 50.4 Å². The van der Waals surface area contributed by atoms with Gasteiger partial charge in [-0.3, -0.25) is 24.2 Å². The van der Waals surface area contributed by atoms with E-state index in [-0.39, 0.29) is 61.1 Å². The first kappa shape index (κ1) is 54.5. The third-order valence-electron chi connectivity index (χ3n) is 13.8. The molecule has 0 bridgehead atoms. The molecule has 394 valence electrons. The number of carbonyl (C=O) groups is 3. The number of hydrogen-bond acceptors (Lipinski definition) is 15. The molecule has 8 rings (SSSR count). The number of phenolic OH excluding ortho intramolecular Hbond substituents is 2. The Kier molecular flexibility index (Phi) is 18.2. The van der Waals surface area contributed by atoms with Crippen LogP contribution in [0.1, 0.15) is 80.7 Å². The van der Waals surface area contributed by atoms with Crippen molar-refractivity contribution in [3.05, 3.63) is 119 Å². The predicted octanol–water partition coefficient (Wildman–Crippen LogP) is 8.38. The molecule has 2 aliphatic rings. The summed E-state index contributed by atoms with van der Waals surface area (Å²) in [5.41, 5.74) is 5.80. The van der Waals surface area contributed by atoms with Crippen molar-refractivity contribution in [1.29, 1.82) is 0 Å². The van der Waals surface area contributed by atoms with Gasteiger partial charge in [0.1, 0.15) is 23.4 Å². The molecule has 5 N–H and O–H groups in total. The lowest BCUT2D eigenvalue weighted by Crippen LogP contribution is -2.66. The number of carbonyl (C=O) groups excluding carboxylic acids is 3. The van der Waals surface area contributed by atoms with E-state index in [4.69, 9.17) is 18.9 Å². The predicted molar refractivity (Wildman–Crippen MR) is 289 cm³/mol. The molecule has 4 heterocycles. The van der Waals surface area contributed by atoms with Gasteiger partial charge in [-0.15, -0.1) is 22.7 Å². The molecule has 17 heteroatoms. The van der Waals surface area contributed by atoms with E-state index in [0.29, 0.717) is 79.8 Å². The van der Waals surface area contributed by atoms with Crippen LogP contribution in [-0.4, -0.2) is 144 Å². The molecule has 6 atom stereocenters. The van der Waals surface area contributed by atoms with Crippen LogP contribution in [0.4, 0.5) is 0 Å². The monoisotopic (exact) mass is 1050 g/mol. The SMILES string of the molecule is CCN1CCOCCOCCOCCC(=O)NC(C(C)(C)C)C(N2C[C@H](O)C[C@H]2C(=O)N[C@@H](C)c2ccc(-c3scnc3C)cc2)[C@@H](Oc2ccc(C(=O)c3c(-c4ccc(O)cc4)sc4cc(O)ccc34)cc2)C1. The fourth-order valence-corrected chi connectivity index (χ4v) is 11.9. The van der Waals surface area contributed by atoms with Crippen molar-refractivity contribution in [3.8, 4) is 38.1 Å². The van der Waals surface area contributed by atoms with Crippen LogP contribution in [0.2, 0.25) is 0 Å². The molecule has 2 fully saturated rings. The molecule has 2 aliphatic heterocycles. The quantitative estimate of drug-likeness (QED) is 0.0779. The molecule has 0 spiro atoms. The van der Waals surface area contributed by atoms with Crippen LogP contribution in [-0.2, 0) is 23.8 Å². The number of phenols is 2. The van der Waals surface area contributed by atoms with Gasteiger partial charge in [0, 0.05) is 52.1 Å². The maximum atomic E-state index is 14.8. The number of benzene rings is 4. The van der Waals surface area contributed by atoms with Crippen molar-refractivity contribution < 1.29 is 48.7 Å². The number of ether oxygens (including phenoxy) is 4. The molecular weight excluding hydrogens is 979 g/mol. The minimum atomic E-state index is -0.854. The minimum absolute atomic E-state index is 0.0875. The van der Waals surface area contributed by atoms with E-state index in [1.807, 2.05) is 48.5 Å². The van der Waals surface area contributed by atoms with Crippen LogP contribution in [0.3, 0.4) is 0 Å². The molecule has 2 amide bonds. The number of β-amino-alcohol motifs (C(OH)–C–C–N with tert-alkyl or cyclic N) is 1. The number of thiophene rings is 1. The zero-order valence-electron chi connectivity index (χ0n) is 43.0. The lowest BCUT2D eigenvalue weighted by molar-refractivity contribution is -0.129. The molecule has 15 nitrogen and oxygen atoms in total. The molecule has 2 aromatic heterocycles. The molecule has 4 aromatic carbocycles. The van der Waals surface area contributed by atoms with Gasteiger partial charge in [0.25, 0.3) is 0 Å². The number of thiazole rings is 1. The highest BCUT2D eigenvalue weighted by molar-refractivity contribution is 7.22. The van der Waals surface area contributed by atoms with Crippen LogP contribution < -0.4 is 15.4 Å². The topological polar surface area (TPSA) is 192 Å². The van der Waals surface area contributed by atoms with Crippen LogP contribution >= 0.6 is 22.7 Å². The van der Waals surface area contributed by atoms with E-state index in [9.17, 15) is 29.7 Å². The summed E-state index contributed by atoms with van der Waals surface area (Å²) in [6.07, 6.45) is -1.33. The van der Waals surface area contributed by atoms with E-state index >= 15 is 0 Å². The number of likely N-dealkylation sites (N-methyl/N-ethyl adjacent to an activating group) is 1. The van der Waals surface area contributed by atoms with Crippen LogP contribution in [0.25, 0.3) is 31.0 Å². The number of aryl methyl sites for hydroxylation is 1. The summed E-state index contributed by atoms with van der Waals surface area (Å²) in [6, 6.07) is 24.3. The third-order valence-corrected chi connectivity index (χ3v) is 16.0. The highest BCUT2D eigenvalue weighted by atomic mass is 32.1. The van der Waals surface area contributed by atoms with E-state index < -0.39 is 35.7 Å². The second-order valence-corrected chi connectivity index (χ2v) is 22.1. The van der Waals surface area contributed by atoms with Crippen LogP contribution in [0.15, 0.2) is 96.5 Å². The van der Waals surface area contributed by atoms with Gasteiger partial charge >= 0.3 is 0 Å². The fourth-order valence-electron chi connectivity index (χ4n) is 9.88. The number of nitrogens with zero attached hydrogens (tertiary/aromatic N) is 3. The first-order valence-electron chi connectivity index (χ1n) is 25.4. The fraction of sp³-hybridized carbons (Fsp3) is 0.439. The smallest absolute Gasteiger partial charge is 0.237 e. The molecule has 2 unspecified atom stereocenters. The van der Waals surface area contributed by atoms with E-state index in [1.165, 1.54) is 11.3 Å². The Morgan fingerprint density at radius 3 is 2.18 bits per heavy atom. The van der Waals surface area contributed by atoms with Gasteiger partial charge in [0.2, 0.25) is 11.8 Å². The highest BCUT2D eigenvalue weighted by Gasteiger charge is 2.50. The Hall–Kier alpha value is -5.76. The molecule has 0 aliphatic carbocycles. The molecule has 6 aromatic rings. The lowest BCUT2D eigenvalue weighted by atomic mass is 9.79. The Bertz CT molecular complexity index is 2830. The normalized spacial score (nSPS) is 21.9. The summed E-state index contributed by atoms with van der Waals surface area (Å²) in [5.74, 6) is -0.0599. The number of likely N-dealkylation sites (tertiary alicyclic amines) is 1. The van der Waals surface area contributed by atoms with Gasteiger partial charge in [0.15, 0.2) is 5.78 Å². The van der Waals surface area contributed by atoms with Crippen molar-refractivity contribution in [3.63, 3.8) is 0 Å². The van der Waals surface area contributed by atoms with Crippen LogP contribution in [0.5, 0.6) is 17.2 Å². The van der Waals surface area contributed by atoms with Gasteiger partial charge < -0.3 is 44.9 Å².